The van der Waals surface area contributed by atoms with Crippen molar-refractivity contribution in [1.82, 2.24) is 15.2 Å². The number of methoxy groups -OCH3 is 1. The van der Waals surface area contributed by atoms with Crippen molar-refractivity contribution in [2.45, 2.75) is 56.7 Å². The minimum absolute atomic E-state index is 0.0224. The molecule has 0 fully saturated rings. The van der Waals surface area contributed by atoms with E-state index in [0.717, 1.165) is 43.5 Å². The van der Waals surface area contributed by atoms with Gasteiger partial charge in [0.2, 0.25) is 5.88 Å². The molecule has 0 saturated carbocycles. The highest BCUT2D eigenvalue weighted by atomic mass is 32.2. The second-order valence-electron chi connectivity index (χ2n) is 9.23. The first-order valence-corrected chi connectivity index (χ1v) is 14.4. The number of hydrogen-bond donors (Lipinski definition) is 1. The summed E-state index contributed by atoms with van der Waals surface area (Å²) in [4.78, 5) is 22.5. The first kappa shape index (κ1) is 28.2. The number of benzene rings is 1. The number of thioether (sulfide) groups is 1. The Kier molecular flexibility index (Phi) is 11.3. The highest BCUT2D eigenvalue weighted by Gasteiger charge is 2.20. The number of aryl methyl sites for hydroxylation is 1. The fraction of sp³-hybridized carbons (Fsp3) is 0.448. The smallest absolute Gasteiger partial charge is 0.255 e. The lowest BCUT2D eigenvalue weighted by Crippen LogP contribution is -2.33. The maximum Gasteiger partial charge on any atom is 0.255 e. The summed E-state index contributed by atoms with van der Waals surface area (Å²) in [5, 5.41) is 5.86. The molecule has 0 aliphatic rings. The van der Waals surface area contributed by atoms with Gasteiger partial charge in [0.15, 0.2) is 0 Å². The summed E-state index contributed by atoms with van der Waals surface area (Å²) in [6.45, 7) is 8.67. The van der Waals surface area contributed by atoms with E-state index in [-0.39, 0.29) is 5.91 Å². The number of carbonyl (C=O) groups excluding carboxylic acids is 1. The van der Waals surface area contributed by atoms with Crippen molar-refractivity contribution >= 4 is 29.0 Å². The van der Waals surface area contributed by atoms with Crippen LogP contribution in [-0.4, -0.2) is 43.0 Å². The SMILES string of the molecule is CCC(C)CCN(Cc1ccc(SC(CCNC)c2cccs2)cc1)C(=O)c1cnc(OC)cc1C. The van der Waals surface area contributed by atoms with Gasteiger partial charge in [-0.2, -0.15) is 0 Å². The van der Waals surface area contributed by atoms with E-state index in [9.17, 15) is 4.79 Å². The molecule has 2 atom stereocenters. The number of thiophene rings is 1. The van der Waals surface area contributed by atoms with Gasteiger partial charge in [0.1, 0.15) is 0 Å². The number of pyridine rings is 1. The van der Waals surface area contributed by atoms with Gasteiger partial charge in [0.25, 0.3) is 5.91 Å². The first-order chi connectivity index (χ1) is 17.4. The molecule has 2 heterocycles. The fourth-order valence-electron chi connectivity index (χ4n) is 3.94. The standard InChI is InChI=1S/C29H39N3O2S2/c1-6-21(2)14-16-32(29(33)25-19-31-28(34-5)18-22(25)3)20-23-9-11-24(12-10-23)36-27(13-15-30-4)26-8-7-17-35-26/h7-12,17-19,21,27,30H,6,13-16,20H2,1-5H3. The van der Waals surface area contributed by atoms with Crippen LogP contribution in [0.5, 0.6) is 5.88 Å². The van der Waals surface area contributed by atoms with Crippen molar-refractivity contribution in [2.24, 2.45) is 5.92 Å². The van der Waals surface area contributed by atoms with E-state index in [1.807, 2.05) is 48.0 Å². The monoisotopic (exact) mass is 525 g/mol. The molecule has 7 heteroatoms. The number of amides is 1. The largest absolute Gasteiger partial charge is 0.481 e. The third kappa shape index (κ3) is 8.08. The van der Waals surface area contributed by atoms with Crippen molar-refractivity contribution in [3.8, 4) is 5.88 Å². The van der Waals surface area contributed by atoms with Crippen molar-refractivity contribution in [1.29, 1.82) is 0 Å². The van der Waals surface area contributed by atoms with Crippen LogP contribution in [0, 0.1) is 12.8 Å². The van der Waals surface area contributed by atoms with Crippen LogP contribution in [0.3, 0.4) is 0 Å². The predicted molar refractivity (Wildman–Crippen MR) is 152 cm³/mol. The maximum atomic E-state index is 13.6. The van der Waals surface area contributed by atoms with Crippen molar-refractivity contribution in [2.75, 3.05) is 27.2 Å². The van der Waals surface area contributed by atoms with E-state index in [4.69, 9.17) is 4.74 Å². The second kappa shape index (κ2) is 14.4. The van der Waals surface area contributed by atoms with Gasteiger partial charge in [0.05, 0.1) is 12.7 Å². The van der Waals surface area contributed by atoms with Crippen LogP contribution in [0.15, 0.2) is 58.9 Å². The van der Waals surface area contributed by atoms with Gasteiger partial charge in [-0.15, -0.1) is 23.1 Å². The summed E-state index contributed by atoms with van der Waals surface area (Å²) >= 11 is 3.73. The molecule has 3 aromatic rings. The molecule has 5 nitrogen and oxygen atoms in total. The zero-order valence-electron chi connectivity index (χ0n) is 22.1. The lowest BCUT2D eigenvalue weighted by atomic mass is 10.0. The molecular weight excluding hydrogens is 486 g/mol. The molecule has 2 unspecified atom stereocenters. The number of nitrogens with zero attached hydrogens (tertiary/aromatic N) is 2. The number of rotatable bonds is 14. The highest BCUT2D eigenvalue weighted by Crippen LogP contribution is 2.39. The predicted octanol–water partition coefficient (Wildman–Crippen LogP) is 6.98. The Labute approximate surface area is 224 Å². The Morgan fingerprint density at radius 2 is 2.00 bits per heavy atom. The van der Waals surface area contributed by atoms with E-state index < -0.39 is 0 Å². The molecule has 0 aliphatic heterocycles. The molecule has 0 bridgehead atoms. The molecule has 0 aliphatic carbocycles. The van der Waals surface area contributed by atoms with Gasteiger partial charge >= 0.3 is 0 Å². The highest BCUT2D eigenvalue weighted by molar-refractivity contribution is 7.99. The normalized spacial score (nSPS) is 12.8. The van der Waals surface area contributed by atoms with E-state index in [0.29, 0.717) is 29.2 Å². The molecule has 1 N–H and O–H groups in total. The molecule has 1 aromatic carbocycles. The molecule has 3 rings (SSSR count). The third-order valence-electron chi connectivity index (χ3n) is 6.49. The Bertz CT molecular complexity index is 1070. The fourth-order valence-corrected chi connectivity index (χ4v) is 6.04. The van der Waals surface area contributed by atoms with Gasteiger partial charge < -0.3 is 15.0 Å². The number of carbonyl (C=O) groups is 1. The molecule has 0 spiro atoms. The summed E-state index contributed by atoms with van der Waals surface area (Å²) in [7, 11) is 3.59. The van der Waals surface area contributed by atoms with Crippen molar-refractivity contribution < 1.29 is 9.53 Å². The van der Waals surface area contributed by atoms with Gasteiger partial charge in [-0.05, 0) is 74.0 Å². The van der Waals surface area contributed by atoms with Crippen LogP contribution in [0.2, 0.25) is 0 Å². The molecule has 1 amide bonds. The lowest BCUT2D eigenvalue weighted by molar-refractivity contribution is 0.0732. The summed E-state index contributed by atoms with van der Waals surface area (Å²) in [5.41, 5.74) is 2.66. The average molecular weight is 526 g/mol. The van der Waals surface area contributed by atoms with Gasteiger partial charge in [-0.3, -0.25) is 4.79 Å². The van der Waals surface area contributed by atoms with E-state index >= 15 is 0 Å². The Balaban J connectivity index is 1.74. The zero-order valence-corrected chi connectivity index (χ0v) is 23.8. The van der Waals surface area contributed by atoms with Crippen LogP contribution in [0.25, 0.3) is 0 Å². The molecule has 0 radical (unpaired) electrons. The van der Waals surface area contributed by atoms with Gasteiger partial charge in [-0.1, -0.05) is 38.5 Å². The van der Waals surface area contributed by atoms with Crippen LogP contribution >= 0.6 is 23.1 Å². The molecule has 194 valence electrons. The third-order valence-corrected chi connectivity index (χ3v) is 8.95. The second-order valence-corrected chi connectivity index (χ2v) is 11.5. The first-order valence-electron chi connectivity index (χ1n) is 12.7. The van der Waals surface area contributed by atoms with E-state index in [1.54, 1.807) is 13.3 Å². The van der Waals surface area contributed by atoms with Crippen LogP contribution < -0.4 is 10.1 Å². The zero-order chi connectivity index (χ0) is 25.9. The molecule has 0 saturated heterocycles. The topological polar surface area (TPSA) is 54.5 Å². The number of hydrogen-bond acceptors (Lipinski definition) is 6. The molecule has 2 aromatic heterocycles. The molecule has 36 heavy (non-hydrogen) atoms. The number of nitrogens with one attached hydrogen (secondary N) is 1. The summed E-state index contributed by atoms with van der Waals surface area (Å²) in [6.07, 6.45) is 4.81. The van der Waals surface area contributed by atoms with Crippen LogP contribution in [-0.2, 0) is 6.54 Å². The van der Waals surface area contributed by atoms with Crippen molar-refractivity contribution in [3.05, 3.63) is 75.6 Å². The maximum absolute atomic E-state index is 13.6. The van der Waals surface area contributed by atoms with E-state index in [2.05, 4.69) is 65.9 Å². The van der Waals surface area contributed by atoms with Crippen LogP contribution in [0.4, 0.5) is 0 Å². The minimum Gasteiger partial charge on any atom is -0.481 e. The molecular formula is C29H39N3O2S2. The quantitative estimate of drug-likeness (QED) is 0.230. The Morgan fingerprint density at radius 1 is 1.22 bits per heavy atom. The lowest BCUT2D eigenvalue weighted by Gasteiger charge is -2.25. The summed E-state index contributed by atoms with van der Waals surface area (Å²) in [6, 6.07) is 14.9. The van der Waals surface area contributed by atoms with Crippen LogP contribution in [0.1, 0.15) is 64.7 Å². The van der Waals surface area contributed by atoms with Gasteiger partial charge in [0, 0.05) is 40.4 Å². The summed E-state index contributed by atoms with van der Waals surface area (Å²) < 4.78 is 5.22. The number of aromatic nitrogens is 1. The summed E-state index contributed by atoms with van der Waals surface area (Å²) in [5.74, 6) is 1.12. The van der Waals surface area contributed by atoms with Crippen molar-refractivity contribution in [3.63, 3.8) is 0 Å². The Morgan fingerprint density at radius 3 is 2.61 bits per heavy atom. The Hall–Kier alpha value is -2.35. The average Bonchev–Trinajstić information content (AvgIpc) is 3.44. The minimum atomic E-state index is 0.0224. The van der Waals surface area contributed by atoms with Gasteiger partial charge in [-0.25, -0.2) is 4.98 Å². The van der Waals surface area contributed by atoms with E-state index in [1.165, 1.54) is 9.77 Å². The number of ether oxygens (including phenoxy) is 1.